The Morgan fingerprint density at radius 2 is 2.04 bits per heavy atom. The van der Waals surface area contributed by atoms with Crippen molar-refractivity contribution in [3.63, 3.8) is 0 Å². The van der Waals surface area contributed by atoms with Gasteiger partial charge in [-0.05, 0) is 38.3 Å². The van der Waals surface area contributed by atoms with Crippen LogP contribution in [0.25, 0.3) is 5.69 Å². The van der Waals surface area contributed by atoms with Crippen LogP contribution in [0.2, 0.25) is 0 Å². The highest BCUT2D eigenvalue weighted by molar-refractivity contribution is 7.99. The summed E-state index contributed by atoms with van der Waals surface area (Å²) in [5.74, 6) is -1.17. The van der Waals surface area contributed by atoms with E-state index < -0.39 is 11.5 Å². The van der Waals surface area contributed by atoms with Gasteiger partial charge in [0.05, 0.1) is 5.75 Å². The van der Waals surface area contributed by atoms with E-state index in [9.17, 15) is 14.7 Å². The van der Waals surface area contributed by atoms with Crippen molar-refractivity contribution in [3.8, 4) is 5.69 Å². The lowest BCUT2D eigenvalue weighted by molar-refractivity contribution is -0.151. The molecular formula is C16H18N4O3S. The van der Waals surface area contributed by atoms with Gasteiger partial charge < -0.3 is 10.4 Å². The van der Waals surface area contributed by atoms with E-state index in [1.807, 2.05) is 31.2 Å². The van der Waals surface area contributed by atoms with E-state index in [2.05, 4.69) is 15.5 Å². The Balaban J connectivity index is 1.63. The monoisotopic (exact) mass is 346 g/mol. The van der Waals surface area contributed by atoms with Gasteiger partial charge in [0, 0.05) is 5.69 Å². The molecule has 0 saturated heterocycles. The van der Waals surface area contributed by atoms with E-state index in [1.54, 1.807) is 10.9 Å². The molecule has 1 saturated carbocycles. The quantitative estimate of drug-likeness (QED) is 0.774. The number of carbonyl (C=O) groups excluding carboxylic acids is 1. The van der Waals surface area contributed by atoms with Gasteiger partial charge in [0.2, 0.25) is 5.91 Å². The fraction of sp³-hybridized carbons (Fsp3) is 0.375. The SMILES string of the molecule is Cc1ccc(-n2cnnc2SCC(=O)NC2(C(=O)O)CCC2)cc1. The number of hydrogen-bond donors (Lipinski definition) is 2. The highest BCUT2D eigenvalue weighted by Crippen LogP contribution is 2.32. The summed E-state index contributed by atoms with van der Waals surface area (Å²) in [5, 5.41) is 20.4. The Labute approximate surface area is 143 Å². The number of benzene rings is 1. The van der Waals surface area contributed by atoms with E-state index in [0.29, 0.717) is 18.0 Å². The van der Waals surface area contributed by atoms with Crippen LogP contribution in [0.3, 0.4) is 0 Å². The number of aromatic nitrogens is 3. The summed E-state index contributed by atoms with van der Waals surface area (Å²) in [7, 11) is 0. The maximum Gasteiger partial charge on any atom is 0.329 e. The lowest BCUT2D eigenvalue weighted by atomic mass is 9.77. The van der Waals surface area contributed by atoms with Gasteiger partial charge in [-0.1, -0.05) is 29.5 Å². The van der Waals surface area contributed by atoms with Crippen LogP contribution in [0, 0.1) is 6.92 Å². The number of carboxylic acid groups (broad SMARTS) is 1. The first kappa shape index (κ1) is 16.5. The van der Waals surface area contributed by atoms with Crippen LogP contribution >= 0.6 is 11.8 Å². The zero-order valence-electron chi connectivity index (χ0n) is 13.2. The fourth-order valence-corrected chi connectivity index (χ4v) is 3.29. The zero-order valence-corrected chi connectivity index (χ0v) is 14.0. The normalized spacial score (nSPS) is 15.5. The molecule has 1 heterocycles. The average Bonchev–Trinajstić information content (AvgIpc) is 2.97. The molecular weight excluding hydrogens is 328 g/mol. The second-order valence-corrected chi connectivity index (χ2v) is 6.84. The molecule has 3 rings (SSSR count). The maximum atomic E-state index is 12.1. The number of aryl methyl sites for hydroxylation is 1. The van der Waals surface area contributed by atoms with Gasteiger partial charge >= 0.3 is 5.97 Å². The van der Waals surface area contributed by atoms with Crippen LogP contribution < -0.4 is 5.32 Å². The highest BCUT2D eigenvalue weighted by Gasteiger charge is 2.45. The van der Waals surface area contributed by atoms with Gasteiger partial charge in [-0.3, -0.25) is 9.36 Å². The van der Waals surface area contributed by atoms with Crippen LogP contribution in [-0.4, -0.2) is 43.0 Å². The summed E-state index contributed by atoms with van der Waals surface area (Å²) < 4.78 is 1.80. The number of nitrogens with zero attached hydrogens (tertiary/aromatic N) is 3. The molecule has 0 bridgehead atoms. The molecule has 8 heteroatoms. The molecule has 0 radical (unpaired) electrons. The summed E-state index contributed by atoms with van der Waals surface area (Å²) >= 11 is 1.23. The summed E-state index contributed by atoms with van der Waals surface area (Å²) in [6.07, 6.45) is 3.38. The Morgan fingerprint density at radius 3 is 2.62 bits per heavy atom. The standard InChI is InChI=1S/C16H18N4O3S/c1-11-3-5-12(6-4-11)20-10-17-19-15(20)24-9-13(21)18-16(14(22)23)7-2-8-16/h3-6,10H,2,7-9H2,1H3,(H,18,21)(H,22,23). The number of carboxylic acids is 1. The zero-order chi connectivity index (χ0) is 17.2. The molecule has 1 aromatic carbocycles. The molecule has 126 valence electrons. The van der Waals surface area contributed by atoms with E-state index in [0.717, 1.165) is 17.7 Å². The van der Waals surface area contributed by atoms with Crippen LogP contribution in [-0.2, 0) is 9.59 Å². The van der Waals surface area contributed by atoms with Crippen molar-refractivity contribution in [2.75, 3.05) is 5.75 Å². The smallest absolute Gasteiger partial charge is 0.329 e. The second-order valence-electron chi connectivity index (χ2n) is 5.90. The minimum Gasteiger partial charge on any atom is -0.480 e. The summed E-state index contributed by atoms with van der Waals surface area (Å²) in [6, 6.07) is 7.89. The predicted octanol–water partition coefficient (Wildman–Crippen LogP) is 1.79. The summed E-state index contributed by atoms with van der Waals surface area (Å²) in [6.45, 7) is 2.01. The predicted molar refractivity (Wildman–Crippen MR) is 89.2 cm³/mol. The molecule has 1 fully saturated rings. The number of amides is 1. The molecule has 0 spiro atoms. The van der Waals surface area contributed by atoms with Gasteiger partial charge in [-0.25, -0.2) is 4.79 Å². The molecule has 2 N–H and O–H groups in total. The Bertz CT molecular complexity index is 753. The van der Waals surface area contributed by atoms with Gasteiger partial charge in [0.1, 0.15) is 11.9 Å². The van der Waals surface area contributed by atoms with Crippen LogP contribution in [0.15, 0.2) is 35.7 Å². The minimum atomic E-state index is -1.08. The van der Waals surface area contributed by atoms with Crippen LogP contribution in [0.4, 0.5) is 0 Å². The van der Waals surface area contributed by atoms with Crippen molar-refractivity contribution in [2.24, 2.45) is 0 Å². The van der Waals surface area contributed by atoms with Gasteiger partial charge in [-0.15, -0.1) is 10.2 Å². The Morgan fingerprint density at radius 1 is 1.33 bits per heavy atom. The van der Waals surface area contributed by atoms with Crippen molar-refractivity contribution < 1.29 is 14.7 Å². The van der Waals surface area contributed by atoms with E-state index in [4.69, 9.17) is 0 Å². The van der Waals surface area contributed by atoms with Crippen molar-refractivity contribution in [3.05, 3.63) is 36.2 Å². The molecule has 1 aliphatic carbocycles. The van der Waals surface area contributed by atoms with Crippen molar-refractivity contribution in [1.82, 2.24) is 20.1 Å². The van der Waals surface area contributed by atoms with Crippen LogP contribution in [0.1, 0.15) is 24.8 Å². The van der Waals surface area contributed by atoms with Crippen molar-refractivity contribution in [1.29, 1.82) is 0 Å². The topological polar surface area (TPSA) is 97.1 Å². The Hall–Kier alpha value is -2.35. The Kier molecular flexibility index (Phi) is 4.57. The molecule has 1 aliphatic rings. The largest absolute Gasteiger partial charge is 0.480 e. The maximum absolute atomic E-state index is 12.1. The number of rotatable bonds is 6. The van der Waals surface area contributed by atoms with Crippen LogP contribution in [0.5, 0.6) is 0 Å². The van der Waals surface area contributed by atoms with E-state index in [1.165, 1.54) is 11.8 Å². The number of aliphatic carboxylic acids is 1. The lowest BCUT2D eigenvalue weighted by Gasteiger charge is -2.38. The van der Waals surface area contributed by atoms with Crippen molar-refractivity contribution in [2.45, 2.75) is 36.9 Å². The molecule has 0 unspecified atom stereocenters. The number of hydrogen-bond acceptors (Lipinski definition) is 5. The van der Waals surface area contributed by atoms with Gasteiger partial charge in [0.25, 0.3) is 0 Å². The molecule has 0 atom stereocenters. The second kappa shape index (κ2) is 6.64. The third-order valence-corrected chi connectivity index (χ3v) is 5.10. The van der Waals surface area contributed by atoms with Gasteiger partial charge in [-0.2, -0.15) is 0 Å². The molecule has 7 nitrogen and oxygen atoms in total. The minimum absolute atomic E-state index is 0.0968. The molecule has 1 aromatic heterocycles. The third kappa shape index (κ3) is 3.28. The fourth-order valence-electron chi connectivity index (χ4n) is 2.56. The molecule has 0 aliphatic heterocycles. The first-order chi connectivity index (χ1) is 11.5. The highest BCUT2D eigenvalue weighted by atomic mass is 32.2. The molecule has 2 aromatic rings. The van der Waals surface area contributed by atoms with E-state index >= 15 is 0 Å². The van der Waals surface area contributed by atoms with E-state index in [-0.39, 0.29) is 11.7 Å². The summed E-state index contributed by atoms with van der Waals surface area (Å²) in [4.78, 5) is 23.4. The first-order valence-electron chi connectivity index (χ1n) is 7.64. The van der Waals surface area contributed by atoms with Crippen molar-refractivity contribution >= 4 is 23.6 Å². The first-order valence-corrected chi connectivity index (χ1v) is 8.63. The lowest BCUT2D eigenvalue weighted by Crippen LogP contribution is -2.59. The average molecular weight is 346 g/mol. The number of thioether (sulfide) groups is 1. The molecule has 1 amide bonds. The number of carbonyl (C=O) groups is 2. The number of nitrogens with one attached hydrogen (secondary N) is 1. The molecule has 24 heavy (non-hydrogen) atoms. The van der Waals surface area contributed by atoms with Gasteiger partial charge in [0.15, 0.2) is 5.16 Å². The third-order valence-electron chi connectivity index (χ3n) is 4.16. The summed E-state index contributed by atoms with van der Waals surface area (Å²) in [5.41, 5.74) is 0.983.